The van der Waals surface area contributed by atoms with Crippen molar-refractivity contribution in [2.45, 2.75) is 141 Å². The molecular weight excluding hydrogens is 734 g/mol. The van der Waals surface area contributed by atoms with Crippen LogP contribution >= 0.6 is 0 Å². The van der Waals surface area contributed by atoms with E-state index in [1.54, 1.807) is 0 Å². The number of aliphatic hydroxyl groups excluding tert-OH is 14. The van der Waals surface area contributed by atoms with E-state index in [1.807, 2.05) is 0 Å². The number of carbonyl (C=O) groups is 1. The summed E-state index contributed by atoms with van der Waals surface area (Å²) in [7, 11) is 0. The van der Waals surface area contributed by atoms with Gasteiger partial charge in [-0.2, -0.15) is 0 Å². The third-order valence-electron chi connectivity index (χ3n) is 9.51. The summed E-state index contributed by atoms with van der Waals surface area (Å²) in [4.78, 5) is 11.6. The monoisotopic (exact) mass is 783 g/mol. The molecule has 53 heavy (non-hydrogen) atoms. The standard InChI is InChI=1S/C28H49NO24/c29-11-13(39)12(38)10(5-33)47-24(11)51-22-14(40)18(7(35)2-30)49-26(16(22)42)52-23-15(41)19(8(36)3-31)48-25(17(23)43)50-20-6(34)1-28(46,27(44)45)53-21(20)9(37)4-32/h6-26,30-43,46H,1-5,29H2,(H,44,45)/t6-,7+,8+,9-,10-,11-,12+,13-,14-,15-,16+,17+,18-,19-,20-,21-,22+,23+,24-,25-,26-,28?/m1/s1. The largest absolute Gasteiger partial charge is 0.477 e. The number of carboxylic acids is 1. The number of aliphatic carboxylic acids is 1. The molecule has 4 fully saturated rings. The number of hydrogen-bond donors (Lipinski definition) is 17. The molecule has 22 atom stereocenters. The molecular formula is C28H49NO24. The van der Waals surface area contributed by atoms with Gasteiger partial charge in [0.1, 0.15) is 97.7 Å². The van der Waals surface area contributed by atoms with Crippen LogP contribution in [0.15, 0.2) is 0 Å². The molecule has 0 aromatic heterocycles. The molecule has 4 heterocycles. The van der Waals surface area contributed by atoms with Crippen molar-refractivity contribution in [1.29, 1.82) is 0 Å². The van der Waals surface area contributed by atoms with E-state index in [0.717, 1.165) is 0 Å². The number of hydrogen-bond acceptors (Lipinski definition) is 24. The van der Waals surface area contributed by atoms with Crippen molar-refractivity contribution in [1.82, 2.24) is 0 Å². The Bertz CT molecular complexity index is 1170. The van der Waals surface area contributed by atoms with Crippen LogP contribution in [0.2, 0.25) is 0 Å². The zero-order valence-corrected chi connectivity index (χ0v) is 27.7. The van der Waals surface area contributed by atoms with Crippen LogP contribution in [0.5, 0.6) is 0 Å². The summed E-state index contributed by atoms with van der Waals surface area (Å²) >= 11 is 0. The first kappa shape index (κ1) is 44.3. The van der Waals surface area contributed by atoms with E-state index >= 15 is 0 Å². The van der Waals surface area contributed by atoms with Crippen molar-refractivity contribution in [2.24, 2.45) is 5.73 Å². The summed E-state index contributed by atoms with van der Waals surface area (Å²) in [6.07, 6.45) is -40.6. The Balaban J connectivity index is 1.63. The zero-order valence-electron chi connectivity index (χ0n) is 27.7. The van der Waals surface area contributed by atoms with Crippen LogP contribution in [0, 0.1) is 0 Å². The molecule has 25 heteroatoms. The number of rotatable bonds is 14. The summed E-state index contributed by atoms with van der Waals surface area (Å²) in [5.74, 6) is -5.07. The second kappa shape index (κ2) is 18.2. The lowest BCUT2D eigenvalue weighted by Gasteiger charge is -2.50. The molecule has 18 N–H and O–H groups in total. The van der Waals surface area contributed by atoms with Crippen LogP contribution < -0.4 is 5.73 Å². The molecule has 0 aliphatic carbocycles. The van der Waals surface area contributed by atoms with Crippen LogP contribution in [0.25, 0.3) is 0 Å². The highest BCUT2D eigenvalue weighted by Gasteiger charge is 2.58. The summed E-state index contributed by atoms with van der Waals surface area (Å²) in [5.41, 5.74) is 5.91. The zero-order chi connectivity index (χ0) is 39.7. The van der Waals surface area contributed by atoms with Crippen molar-refractivity contribution in [2.75, 3.05) is 26.4 Å². The fourth-order valence-corrected chi connectivity index (χ4v) is 6.47. The summed E-state index contributed by atoms with van der Waals surface area (Å²) < 4.78 is 38.3. The first-order valence-corrected chi connectivity index (χ1v) is 16.4. The maximum absolute atomic E-state index is 11.6. The summed E-state index contributed by atoms with van der Waals surface area (Å²) in [5, 5.41) is 165. The Labute approximate surface area is 299 Å². The van der Waals surface area contributed by atoms with Gasteiger partial charge in [-0.3, -0.25) is 0 Å². The molecule has 0 aromatic rings. The van der Waals surface area contributed by atoms with Gasteiger partial charge >= 0.3 is 5.97 Å². The minimum Gasteiger partial charge on any atom is -0.477 e. The fraction of sp³-hybridized carbons (Fsp3) is 0.964. The second-order valence-electron chi connectivity index (χ2n) is 13.2. The Morgan fingerprint density at radius 2 is 1.08 bits per heavy atom. The van der Waals surface area contributed by atoms with Crippen LogP contribution in [0.3, 0.4) is 0 Å². The number of nitrogens with two attached hydrogens (primary N) is 1. The molecule has 0 aromatic carbocycles. The Morgan fingerprint density at radius 1 is 0.642 bits per heavy atom. The van der Waals surface area contributed by atoms with E-state index in [-0.39, 0.29) is 0 Å². The average Bonchev–Trinajstić information content (AvgIpc) is 3.13. The van der Waals surface area contributed by atoms with Crippen molar-refractivity contribution in [3.8, 4) is 0 Å². The van der Waals surface area contributed by atoms with Gasteiger partial charge in [0, 0.05) is 6.42 Å². The van der Waals surface area contributed by atoms with Crippen LogP contribution in [0.4, 0.5) is 0 Å². The van der Waals surface area contributed by atoms with Crippen LogP contribution in [-0.4, -0.2) is 249 Å². The molecule has 4 rings (SSSR count). The molecule has 25 nitrogen and oxygen atoms in total. The van der Waals surface area contributed by atoms with Gasteiger partial charge in [-0.15, -0.1) is 0 Å². The van der Waals surface area contributed by atoms with E-state index in [2.05, 4.69) is 0 Å². The second-order valence-corrected chi connectivity index (χ2v) is 13.2. The summed E-state index contributed by atoms with van der Waals surface area (Å²) in [6.45, 7) is -4.10. The molecule has 310 valence electrons. The van der Waals surface area contributed by atoms with E-state index in [0.29, 0.717) is 0 Å². The third kappa shape index (κ3) is 9.08. The molecule has 0 bridgehead atoms. The fourth-order valence-electron chi connectivity index (χ4n) is 6.47. The Hall–Kier alpha value is -1.45. The highest BCUT2D eigenvalue weighted by Crippen LogP contribution is 2.37. The van der Waals surface area contributed by atoms with Crippen molar-refractivity contribution in [3.05, 3.63) is 0 Å². The minimum atomic E-state index is -3.08. The quantitative estimate of drug-likeness (QED) is 0.0777. The molecule has 0 amide bonds. The maximum Gasteiger partial charge on any atom is 0.364 e. The smallest absolute Gasteiger partial charge is 0.364 e. The van der Waals surface area contributed by atoms with Gasteiger partial charge in [0.15, 0.2) is 18.9 Å². The van der Waals surface area contributed by atoms with E-state index < -0.39 is 173 Å². The van der Waals surface area contributed by atoms with E-state index in [4.69, 9.17) is 38.9 Å². The first-order chi connectivity index (χ1) is 24.8. The highest BCUT2D eigenvalue weighted by atomic mass is 16.8. The minimum absolute atomic E-state index is 0.838. The Kier molecular flexibility index (Phi) is 15.2. The molecule has 1 unspecified atom stereocenters. The normalized spacial score (nSPS) is 48.5. The average molecular weight is 784 g/mol. The lowest BCUT2D eigenvalue weighted by Crippen LogP contribution is -2.69. The maximum atomic E-state index is 11.6. The summed E-state index contributed by atoms with van der Waals surface area (Å²) in [6, 6.07) is -1.56. The van der Waals surface area contributed by atoms with Gasteiger partial charge in [0.2, 0.25) is 0 Å². The molecule has 4 aliphatic rings. The van der Waals surface area contributed by atoms with Crippen LogP contribution in [0.1, 0.15) is 6.42 Å². The lowest BCUT2D eigenvalue weighted by atomic mass is 9.91. The topological polar surface area (TPSA) is 431 Å². The number of ether oxygens (including phenoxy) is 7. The van der Waals surface area contributed by atoms with Crippen molar-refractivity contribution < 1.29 is 120 Å². The van der Waals surface area contributed by atoms with Crippen molar-refractivity contribution >= 4 is 5.97 Å². The third-order valence-corrected chi connectivity index (χ3v) is 9.51. The lowest BCUT2D eigenvalue weighted by molar-refractivity contribution is -0.392. The van der Waals surface area contributed by atoms with Crippen molar-refractivity contribution in [3.63, 3.8) is 0 Å². The van der Waals surface area contributed by atoms with Gasteiger partial charge in [-0.1, -0.05) is 0 Å². The van der Waals surface area contributed by atoms with Gasteiger partial charge in [0.05, 0.1) is 38.6 Å². The van der Waals surface area contributed by atoms with E-state index in [1.165, 1.54) is 0 Å². The predicted molar refractivity (Wildman–Crippen MR) is 159 cm³/mol. The molecule has 4 aliphatic heterocycles. The Morgan fingerprint density at radius 3 is 1.51 bits per heavy atom. The van der Waals surface area contributed by atoms with Gasteiger partial charge in [-0.25, -0.2) is 4.79 Å². The van der Waals surface area contributed by atoms with Crippen LogP contribution in [-0.2, 0) is 38.0 Å². The molecule has 0 saturated carbocycles. The molecule has 4 saturated heterocycles. The first-order valence-electron chi connectivity index (χ1n) is 16.4. The van der Waals surface area contributed by atoms with Gasteiger partial charge in [0.25, 0.3) is 5.79 Å². The molecule has 0 spiro atoms. The van der Waals surface area contributed by atoms with Gasteiger partial charge in [-0.05, 0) is 0 Å². The molecule has 0 radical (unpaired) electrons. The number of aliphatic hydroxyl groups is 15. The SMILES string of the molecule is N[C@H]1[C@@H](O[C@@H]2[C@H](O)[C@@H](O[C@@H]3[C@H](O)[C@@H](O[C@H]4[C@@H]([C@H](O)CO)OC(O)(C(=O)O)C[C@H]4O)O[C@H]([C@@H](O)CO)[C@H]3O)O[C@H]([C@@H](O)CO)[C@H]2O)O[C@H](CO)[C@H](O)[C@@H]1O. The van der Waals surface area contributed by atoms with E-state index in [9.17, 15) is 86.5 Å². The van der Waals surface area contributed by atoms with Gasteiger partial charge < -0.3 is 121 Å². The predicted octanol–water partition coefficient (Wildman–Crippen LogP) is -11.2. The highest BCUT2D eigenvalue weighted by molar-refractivity contribution is 5.75. The number of carboxylic acid groups (broad SMARTS) is 1.